The van der Waals surface area contributed by atoms with E-state index < -0.39 is 0 Å². The van der Waals surface area contributed by atoms with Gasteiger partial charge in [-0.2, -0.15) is 0 Å². The van der Waals surface area contributed by atoms with Crippen LogP contribution in [-0.4, -0.2) is 16.1 Å². The smallest absolute Gasteiger partial charge is 0.203 e. The Bertz CT molecular complexity index is 273. The first-order valence-corrected chi connectivity index (χ1v) is 5.04. The van der Waals surface area contributed by atoms with Crippen LogP contribution in [-0.2, 0) is 0 Å². The molecule has 3 heteroatoms. The van der Waals surface area contributed by atoms with Gasteiger partial charge in [0, 0.05) is 25.0 Å². The summed E-state index contributed by atoms with van der Waals surface area (Å²) in [7, 11) is 0. The average molecular weight is 179 g/mol. The van der Waals surface area contributed by atoms with Crippen LogP contribution in [0.2, 0.25) is 0 Å². The van der Waals surface area contributed by atoms with Crippen molar-refractivity contribution in [3.8, 4) is 0 Å². The molecule has 1 aromatic heterocycles. The lowest BCUT2D eigenvalue weighted by Crippen LogP contribution is -2.10. The quantitative estimate of drug-likeness (QED) is 0.768. The minimum atomic E-state index is 0.490. The van der Waals surface area contributed by atoms with E-state index in [1.54, 1.807) is 0 Å². The lowest BCUT2D eigenvalue weighted by Gasteiger charge is -2.12. The molecule has 1 N–H and O–H groups in total. The lowest BCUT2D eigenvalue weighted by molar-refractivity contribution is 0.603. The molecule has 3 nitrogen and oxygen atoms in total. The van der Waals surface area contributed by atoms with Crippen LogP contribution in [0.3, 0.4) is 0 Å². The molecule has 1 aliphatic rings. The predicted octanol–water partition coefficient (Wildman–Crippen LogP) is 2.29. The summed E-state index contributed by atoms with van der Waals surface area (Å²) in [6.07, 6.45) is 6.65. The largest absolute Gasteiger partial charge is 0.355 e. The van der Waals surface area contributed by atoms with Gasteiger partial charge in [0.05, 0.1) is 0 Å². The molecular formula is C10H17N3. The van der Waals surface area contributed by atoms with Crippen molar-refractivity contribution in [3.05, 3.63) is 12.4 Å². The highest BCUT2D eigenvalue weighted by atomic mass is 15.2. The molecule has 0 bridgehead atoms. The zero-order valence-electron chi connectivity index (χ0n) is 8.33. The molecule has 1 fully saturated rings. The maximum Gasteiger partial charge on any atom is 0.203 e. The summed E-state index contributed by atoms with van der Waals surface area (Å²) in [5, 5.41) is 3.39. The molecule has 2 rings (SSSR count). The molecule has 1 aromatic rings. The Hall–Kier alpha value is -0.990. The summed E-state index contributed by atoms with van der Waals surface area (Å²) < 4.78 is 2.17. The minimum Gasteiger partial charge on any atom is -0.355 e. The number of rotatable bonds is 4. The van der Waals surface area contributed by atoms with Crippen molar-refractivity contribution >= 4 is 5.95 Å². The fraction of sp³-hybridized carbons (Fsp3) is 0.700. The molecule has 0 radical (unpaired) electrons. The number of anilines is 1. The first-order valence-electron chi connectivity index (χ1n) is 5.04. The van der Waals surface area contributed by atoms with Gasteiger partial charge in [-0.1, -0.05) is 0 Å². The van der Waals surface area contributed by atoms with Crippen LogP contribution in [0.1, 0.15) is 32.7 Å². The third kappa shape index (κ3) is 2.02. The summed E-state index contributed by atoms with van der Waals surface area (Å²) in [6, 6.07) is 0.490. The second-order valence-corrected chi connectivity index (χ2v) is 4.08. The van der Waals surface area contributed by atoms with Crippen LogP contribution < -0.4 is 5.32 Å². The SMILES string of the molecule is CC(C)n1ccnc1NCC1CC1. The molecule has 0 aliphatic heterocycles. The first kappa shape index (κ1) is 8.60. The van der Waals surface area contributed by atoms with Crippen LogP contribution in [0.15, 0.2) is 12.4 Å². The van der Waals surface area contributed by atoms with Gasteiger partial charge in [-0.3, -0.25) is 0 Å². The molecule has 0 aromatic carbocycles. The minimum absolute atomic E-state index is 0.490. The van der Waals surface area contributed by atoms with Crippen LogP contribution >= 0.6 is 0 Å². The molecule has 13 heavy (non-hydrogen) atoms. The van der Waals surface area contributed by atoms with E-state index in [0.717, 1.165) is 18.4 Å². The molecule has 72 valence electrons. The van der Waals surface area contributed by atoms with Gasteiger partial charge in [-0.05, 0) is 32.6 Å². The van der Waals surface area contributed by atoms with Crippen LogP contribution in [0.25, 0.3) is 0 Å². The second kappa shape index (κ2) is 3.40. The van der Waals surface area contributed by atoms with Gasteiger partial charge in [-0.15, -0.1) is 0 Å². The summed E-state index contributed by atoms with van der Waals surface area (Å²) in [6.45, 7) is 5.43. The van der Waals surface area contributed by atoms with E-state index in [-0.39, 0.29) is 0 Å². The Morgan fingerprint density at radius 1 is 1.62 bits per heavy atom. The van der Waals surface area contributed by atoms with E-state index in [0.29, 0.717) is 6.04 Å². The van der Waals surface area contributed by atoms with E-state index in [4.69, 9.17) is 0 Å². The van der Waals surface area contributed by atoms with Gasteiger partial charge in [0.1, 0.15) is 0 Å². The summed E-state index contributed by atoms with van der Waals surface area (Å²) in [5.41, 5.74) is 0. The zero-order valence-corrected chi connectivity index (χ0v) is 8.33. The van der Waals surface area contributed by atoms with Gasteiger partial charge in [0.15, 0.2) is 0 Å². The number of nitrogens with one attached hydrogen (secondary N) is 1. The molecule has 0 amide bonds. The van der Waals surface area contributed by atoms with Crippen molar-refractivity contribution in [3.63, 3.8) is 0 Å². The fourth-order valence-electron chi connectivity index (χ4n) is 1.42. The second-order valence-electron chi connectivity index (χ2n) is 4.08. The van der Waals surface area contributed by atoms with Crippen molar-refractivity contribution in [2.45, 2.75) is 32.7 Å². The van der Waals surface area contributed by atoms with Crippen molar-refractivity contribution in [2.24, 2.45) is 5.92 Å². The van der Waals surface area contributed by atoms with Crippen LogP contribution in [0, 0.1) is 5.92 Å². The Labute approximate surface area is 79.2 Å². The molecule has 1 heterocycles. The molecule has 0 spiro atoms. The highest BCUT2D eigenvalue weighted by molar-refractivity contribution is 5.26. The van der Waals surface area contributed by atoms with E-state index >= 15 is 0 Å². The van der Waals surface area contributed by atoms with Gasteiger partial charge >= 0.3 is 0 Å². The van der Waals surface area contributed by atoms with Gasteiger partial charge in [0.2, 0.25) is 5.95 Å². The third-order valence-corrected chi connectivity index (χ3v) is 2.47. The zero-order chi connectivity index (χ0) is 9.26. The molecular weight excluding hydrogens is 162 g/mol. The number of hydrogen-bond acceptors (Lipinski definition) is 2. The van der Waals surface area contributed by atoms with E-state index in [1.807, 2.05) is 12.4 Å². The summed E-state index contributed by atoms with van der Waals surface area (Å²) >= 11 is 0. The van der Waals surface area contributed by atoms with Gasteiger partial charge in [-0.25, -0.2) is 4.98 Å². The Morgan fingerprint density at radius 2 is 2.38 bits per heavy atom. The van der Waals surface area contributed by atoms with Crippen LogP contribution in [0.4, 0.5) is 5.95 Å². The van der Waals surface area contributed by atoms with E-state index in [2.05, 4.69) is 28.7 Å². The fourth-order valence-corrected chi connectivity index (χ4v) is 1.42. The number of nitrogens with zero attached hydrogens (tertiary/aromatic N) is 2. The Kier molecular flexibility index (Phi) is 2.25. The molecule has 1 saturated carbocycles. The van der Waals surface area contributed by atoms with E-state index in [1.165, 1.54) is 12.8 Å². The number of imidazole rings is 1. The van der Waals surface area contributed by atoms with Crippen molar-refractivity contribution in [1.82, 2.24) is 9.55 Å². The third-order valence-electron chi connectivity index (χ3n) is 2.47. The average Bonchev–Trinajstić information content (AvgIpc) is 2.79. The molecule has 0 unspecified atom stereocenters. The first-order chi connectivity index (χ1) is 6.27. The molecule has 0 saturated heterocycles. The standard InChI is InChI=1S/C10H17N3/c1-8(2)13-6-5-11-10(13)12-7-9-3-4-9/h5-6,8-9H,3-4,7H2,1-2H3,(H,11,12). The highest BCUT2D eigenvalue weighted by Gasteiger charge is 2.21. The van der Waals surface area contributed by atoms with E-state index in [9.17, 15) is 0 Å². The maximum absolute atomic E-state index is 4.29. The topological polar surface area (TPSA) is 29.9 Å². The van der Waals surface area contributed by atoms with Crippen molar-refractivity contribution in [2.75, 3.05) is 11.9 Å². The number of aromatic nitrogens is 2. The Morgan fingerprint density at radius 3 is 3.00 bits per heavy atom. The Balaban J connectivity index is 1.96. The van der Waals surface area contributed by atoms with Gasteiger partial charge < -0.3 is 9.88 Å². The van der Waals surface area contributed by atoms with Crippen LogP contribution in [0.5, 0.6) is 0 Å². The number of hydrogen-bond donors (Lipinski definition) is 1. The summed E-state index contributed by atoms with van der Waals surface area (Å²) in [5.74, 6) is 1.92. The molecule has 0 atom stereocenters. The molecule has 1 aliphatic carbocycles. The normalized spacial score (nSPS) is 16.5. The van der Waals surface area contributed by atoms with Crippen molar-refractivity contribution < 1.29 is 0 Å². The van der Waals surface area contributed by atoms with Gasteiger partial charge in [0.25, 0.3) is 0 Å². The van der Waals surface area contributed by atoms with Crippen molar-refractivity contribution in [1.29, 1.82) is 0 Å². The monoisotopic (exact) mass is 179 g/mol. The summed E-state index contributed by atoms with van der Waals surface area (Å²) in [4.78, 5) is 4.29. The lowest BCUT2D eigenvalue weighted by atomic mass is 10.4. The highest BCUT2D eigenvalue weighted by Crippen LogP contribution is 2.28. The predicted molar refractivity (Wildman–Crippen MR) is 53.8 cm³/mol. The maximum atomic E-state index is 4.29.